The molecule has 0 aliphatic heterocycles. The van der Waals surface area contributed by atoms with Gasteiger partial charge in [-0.05, 0) is 35.6 Å². The van der Waals surface area contributed by atoms with Gasteiger partial charge in [0.25, 0.3) is 5.91 Å². The maximum atomic E-state index is 11.6. The second-order valence-electron chi connectivity index (χ2n) is 5.29. The molecule has 1 heterocycles. The molecule has 3 rings (SSSR count). The Balaban J connectivity index is 1.91. The van der Waals surface area contributed by atoms with Crippen molar-refractivity contribution in [2.24, 2.45) is 5.73 Å². The van der Waals surface area contributed by atoms with Gasteiger partial charge in [-0.15, -0.1) is 0 Å². The van der Waals surface area contributed by atoms with Gasteiger partial charge < -0.3 is 5.73 Å². The Hall–Kier alpha value is -2.94. The fraction of sp³-hybridized carbons (Fsp3) is 0.0500. The predicted octanol–water partition coefficient (Wildman–Crippen LogP) is 3.64. The number of carbonyl (C=O) groups excluding carboxylic acids is 1. The normalized spacial score (nSPS) is 10.4. The topological polar surface area (TPSA) is 56.0 Å². The second kappa shape index (κ2) is 6.88. The molecule has 0 aliphatic rings. The zero-order valence-electron chi connectivity index (χ0n) is 12.6. The molecular weight excluding hydrogens is 284 g/mol. The van der Waals surface area contributed by atoms with Crippen LogP contribution in [-0.2, 0) is 6.42 Å². The van der Waals surface area contributed by atoms with Crippen LogP contribution in [0.1, 0.15) is 21.6 Å². The number of primary amides is 1. The number of nitrogens with zero attached hydrogens (tertiary/aromatic N) is 1. The SMILES string of the molecule is NC(=O)c1ncc(-c2ccccc2)cc1[CH]Cc1ccccc1. The molecule has 0 unspecified atom stereocenters. The quantitative estimate of drug-likeness (QED) is 0.782. The molecule has 113 valence electrons. The summed E-state index contributed by atoms with van der Waals surface area (Å²) in [6.07, 6.45) is 4.41. The summed E-state index contributed by atoms with van der Waals surface area (Å²) in [6, 6.07) is 22.0. The van der Waals surface area contributed by atoms with Crippen molar-refractivity contribution in [1.29, 1.82) is 0 Å². The number of rotatable bonds is 5. The van der Waals surface area contributed by atoms with Gasteiger partial charge in [0, 0.05) is 11.8 Å². The number of hydrogen-bond donors (Lipinski definition) is 1. The molecule has 1 amide bonds. The summed E-state index contributed by atoms with van der Waals surface area (Å²) in [5, 5.41) is 0. The van der Waals surface area contributed by atoms with E-state index in [1.165, 1.54) is 5.56 Å². The maximum Gasteiger partial charge on any atom is 0.267 e. The molecule has 0 aliphatic carbocycles. The van der Waals surface area contributed by atoms with E-state index in [1.54, 1.807) is 6.20 Å². The average Bonchev–Trinajstić information content (AvgIpc) is 2.61. The van der Waals surface area contributed by atoms with Crippen molar-refractivity contribution in [2.45, 2.75) is 6.42 Å². The zero-order valence-corrected chi connectivity index (χ0v) is 12.6. The van der Waals surface area contributed by atoms with Crippen LogP contribution in [0.5, 0.6) is 0 Å². The van der Waals surface area contributed by atoms with E-state index < -0.39 is 5.91 Å². The van der Waals surface area contributed by atoms with Crippen LogP contribution in [0.25, 0.3) is 11.1 Å². The highest BCUT2D eigenvalue weighted by atomic mass is 16.1. The summed E-state index contributed by atoms with van der Waals surface area (Å²) in [6.45, 7) is 0. The van der Waals surface area contributed by atoms with Crippen molar-refractivity contribution in [3.8, 4) is 11.1 Å². The molecule has 2 aromatic carbocycles. The lowest BCUT2D eigenvalue weighted by Gasteiger charge is -2.09. The molecule has 23 heavy (non-hydrogen) atoms. The second-order valence-corrected chi connectivity index (χ2v) is 5.29. The molecule has 0 fully saturated rings. The van der Waals surface area contributed by atoms with Gasteiger partial charge in [0.2, 0.25) is 0 Å². The summed E-state index contributed by atoms with van der Waals surface area (Å²) in [4.78, 5) is 15.9. The van der Waals surface area contributed by atoms with E-state index in [0.29, 0.717) is 5.69 Å². The third kappa shape index (κ3) is 3.64. The minimum Gasteiger partial charge on any atom is -0.364 e. The molecule has 0 atom stereocenters. The Morgan fingerprint density at radius 1 is 0.957 bits per heavy atom. The van der Waals surface area contributed by atoms with Crippen LogP contribution in [-0.4, -0.2) is 10.9 Å². The first-order chi connectivity index (χ1) is 11.2. The van der Waals surface area contributed by atoms with Gasteiger partial charge in [0.05, 0.1) is 0 Å². The van der Waals surface area contributed by atoms with Gasteiger partial charge in [0.15, 0.2) is 0 Å². The Kier molecular flexibility index (Phi) is 4.48. The molecule has 0 spiro atoms. The first-order valence-electron chi connectivity index (χ1n) is 7.46. The predicted molar refractivity (Wildman–Crippen MR) is 91.7 cm³/mol. The number of nitrogens with two attached hydrogens (primary N) is 1. The highest BCUT2D eigenvalue weighted by molar-refractivity contribution is 5.93. The van der Waals surface area contributed by atoms with Crippen LogP contribution >= 0.6 is 0 Å². The Morgan fingerprint density at radius 3 is 2.26 bits per heavy atom. The summed E-state index contributed by atoms with van der Waals surface area (Å²) >= 11 is 0. The highest BCUT2D eigenvalue weighted by Crippen LogP contribution is 2.22. The largest absolute Gasteiger partial charge is 0.364 e. The smallest absolute Gasteiger partial charge is 0.267 e. The van der Waals surface area contributed by atoms with Crippen molar-refractivity contribution in [1.82, 2.24) is 4.98 Å². The van der Waals surface area contributed by atoms with E-state index in [1.807, 2.05) is 61.0 Å². The van der Waals surface area contributed by atoms with E-state index in [2.05, 4.69) is 17.1 Å². The molecule has 3 nitrogen and oxygen atoms in total. The maximum absolute atomic E-state index is 11.6. The van der Waals surface area contributed by atoms with Crippen molar-refractivity contribution < 1.29 is 4.79 Å². The van der Waals surface area contributed by atoms with E-state index >= 15 is 0 Å². The van der Waals surface area contributed by atoms with Crippen molar-refractivity contribution >= 4 is 5.91 Å². The van der Waals surface area contributed by atoms with Gasteiger partial charge >= 0.3 is 0 Å². The minimum absolute atomic E-state index is 0.306. The number of hydrogen-bond acceptors (Lipinski definition) is 2. The van der Waals surface area contributed by atoms with E-state index in [0.717, 1.165) is 23.1 Å². The van der Waals surface area contributed by atoms with Crippen LogP contribution in [0.3, 0.4) is 0 Å². The molecule has 0 saturated heterocycles. The summed E-state index contributed by atoms with van der Waals surface area (Å²) < 4.78 is 0. The number of amides is 1. The standard InChI is InChI=1S/C20H17N2O/c21-20(23)19-17(12-11-15-7-3-1-4-8-15)13-18(14-22-19)16-9-5-2-6-10-16/h1-10,12-14H,11H2,(H2,21,23). The lowest BCUT2D eigenvalue weighted by atomic mass is 9.99. The van der Waals surface area contributed by atoms with Gasteiger partial charge in [0.1, 0.15) is 5.69 Å². The monoisotopic (exact) mass is 301 g/mol. The van der Waals surface area contributed by atoms with Crippen molar-refractivity contribution in [3.63, 3.8) is 0 Å². The molecule has 0 saturated carbocycles. The minimum atomic E-state index is -0.510. The van der Waals surface area contributed by atoms with E-state index in [-0.39, 0.29) is 0 Å². The Morgan fingerprint density at radius 2 is 1.61 bits per heavy atom. The van der Waals surface area contributed by atoms with Gasteiger partial charge in [-0.25, -0.2) is 0 Å². The van der Waals surface area contributed by atoms with Crippen LogP contribution in [0.15, 0.2) is 72.9 Å². The van der Waals surface area contributed by atoms with E-state index in [4.69, 9.17) is 5.73 Å². The Bertz CT molecular complexity index is 798. The number of carbonyl (C=O) groups is 1. The zero-order chi connectivity index (χ0) is 16.1. The fourth-order valence-corrected chi connectivity index (χ4v) is 2.47. The lowest BCUT2D eigenvalue weighted by Crippen LogP contribution is -2.16. The number of aromatic nitrogens is 1. The van der Waals surface area contributed by atoms with Crippen molar-refractivity contribution in [2.75, 3.05) is 0 Å². The van der Waals surface area contributed by atoms with Crippen LogP contribution in [0.2, 0.25) is 0 Å². The fourth-order valence-electron chi connectivity index (χ4n) is 2.47. The van der Waals surface area contributed by atoms with Crippen LogP contribution in [0, 0.1) is 6.42 Å². The summed E-state index contributed by atoms with van der Waals surface area (Å²) in [5.41, 5.74) is 9.73. The van der Waals surface area contributed by atoms with Crippen LogP contribution < -0.4 is 5.73 Å². The third-order valence-electron chi connectivity index (χ3n) is 3.66. The van der Waals surface area contributed by atoms with Gasteiger partial charge in [-0.1, -0.05) is 60.7 Å². The summed E-state index contributed by atoms with van der Waals surface area (Å²) in [7, 11) is 0. The molecule has 2 N–H and O–H groups in total. The first kappa shape index (κ1) is 15.0. The first-order valence-corrected chi connectivity index (χ1v) is 7.46. The molecule has 0 bridgehead atoms. The molecule has 3 aromatic rings. The third-order valence-corrected chi connectivity index (χ3v) is 3.66. The van der Waals surface area contributed by atoms with Gasteiger partial charge in [-0.2, -0.15) is 0 Å². The Labute approximate surface area is 135 Å². The van der Waals surface area contributed by atoms with Crippen LogP contribution in [0.4, 0.5) is 0 Å². The van der Waals surface area contributed by atoms with Gasteiger partial charge in [-0.3, -0.25) is 9.78 Å². The lowest BCUT2D eigenvalue weighted by molar-refractivity contribution is 0.0995. The van der Waals surface area contributed by atoms with Crippen molar-refractivity contribution in [3.05, 3.63) is 96.2 Å². The molecule has 1 radical (unpaired) electrons. The van der Waals surface area contributed by atoms with E-state index in [9.17, 15) is 4.79 Å². The highest BCUT2D eigenvalue weighted by Gasteiger charge is 2.12. The molecule has 3 heteroatoms. The number of benzene rings is 2. The summed E-state index contributed by atoms with van der Waals surface area (Å²) in [5.74, 6) is -0.510. The molecule has 1 aromatic heterocycles. The average molecular weight is 301 g/mol. The number of pyridine rings is 1. The molecular formula is C20H17N2O.